The smallest absolute Gasteiger partial charge is 0.306 e. The maximum atomic E-state index is 13.4. The molecule has 0 spiro atoms. The molecule has 0 heterocycles. The van der Waals surface area contributed by atoms with E-state index in [9.17, 15) is 19.0 Å². The van der Waals surface area contributed by atoms with Crippen molar-refractivity contribution in [3.63, 3.8) is 0 Å². The molecule has 1 N–H and O–H groups in total. The zero-order valence-corrected chi connectivity index (χ0v) is 48.3. The van der Waals surface area contributed by atoms with Gasteiger partial charge in [-0.3, -0.25) is 14.2 Å². The first-order valence-electron chi connectivity index (χ1n) is 29.9. The standard InChI is InChI=1S/C61H115N2O7P/c1-7-10-13-16-19-22-25-26-27-28-29-30-31-32-33-34-35-36-39-42-45-48-51-54-61(65)70-59(52-49-46-43-40-37-23-20-17-14-11-8-2)58(57-69-71(66,67)68-56-55-63(4,5)6)62-60(64)53-50-47-44-41-38-24-21-18-15-12-9-3/h18-19,21-22,26-27,49,52,58-59H,7-17,20,23-25,28-48,50-51,53-57H2,1-6H3,(H-,62,64,66,67)/b21-18-,22-19-,27-26-,52-49-. The molecule has 0 saturated heterocycles. The van der Waals surface area contributed by atoms with Crippen molar-refractivity contribution in [2.24, 2.45) is 0 Å². The Labute approximate surface area is 439 Å². The Morgan fingerprint density at radius 1 is 0.493 bits per heavy atom. The summed E-state index contributed by atoms with van der Waals surface area (Å²) >= 11 is 0. The van der Waals surface area contributed by atoms with E-state index in [0.717, 1.165) is 89.9 Å². The van der Waals surface area contributed by atoms with E-state index in [1.165, 1.54) is 154 Å². The molecule has 0 fully saturated rings. The number of allylic oxidation sites excluding steroid dienone is 7. The van der Waals surface area contributed by atoms with Gasteiger partial charge < -0.3 is 28.5 Å². The fourth-order valence-corrected chi connectivity index (χ4v) is 9.26. The molecular formula is C61H115N2O7P. The quantitative estimate of drug-likeness (QED) is 0.0212. The Morgan fingerprint density at radius 3 is 1.35 bits per heavy atom. The third-order valence-corrected chi connectivity index (χ3v) is 14.2. The molecule has 1 amide bonds. The second-order valence-electron chi connectivity index (χ2n) is 21.5. The van der Waals surface area contributed by atoms with E-state index in [1.54, 1.807) is 0 Å². The topological polar surface area (TPSA) is 114 Å². The van der Waals surface area contributed by atoms with E-state index in [-0.39, 0.29) is 24.9 Å². The van der Waals surface area contributed by atoms with Gasteiger partial charge in [0.2, 0.25) is 5.91 Å². The van der Waals surface area contributed by atoms with Crippen molar-refractivity contribution in [1.29, 1.82) is 0 Å². The average Bonchev–Trinajstić information content (AvgIpc) is 3.33. The van der Waals surface area contributed by atoms with Crippen LogP contribution in [-0.2, 0) is 27.9 Å². The minimum atomic E-state index is -4.69. The van der Waals surface area contributed by atoms with E-state index in [4.69, 9.17) is 13.8 Å². The van der Waals surface area contributed by atoms with Gasteiger partial charge in [0.05, 0.1) is 33.8 Å². The van der Waals surface area contributed by atoms with Gasteiger partial charge >= 0.3 is 5.97 Å². The number of carbonyl (C=O) groups is 2. The summed E-state index contributed by atoms with van der Waals surface area (Å²) in [6.45, 7) is 6.78. The predicted octanol–water partition coefficient (Wildman–Crippen LogP) is 17.5. The normalized spacial score (nSPS) is 14.1. The summed E-state index contributed by atoms with van der Waals surface area (Å²) in [6.07, 6.45) is 62.3. The molecule has 0 aromatic rings. The number of hydrogen-bond acceptors (Lipinski definition) is 7. The second-order valence-corrected chi connectivity index (χ2v) is 22.9. The van der Waals surface area contributed by atoms with Crippen LogP contribution in [0.15, 0.2) is 48.6 Å². The monoisotopic (exact) mass is 1020 g/mol. The summed E-state index contributed by atoms with van der Waals surface area (Å²) < 4.78 is 30.2. The summed E-state index contributed by atoms with van der Waals surface area (Å²) in [5, 5.41) is 3.01. The van der Waals surface area contributed by atoms with Crippen LogP contribution >= 0.6 is 7.82 Å². The van der Waals surface area contributed by atoms with Crippen LogP contribution in [0.5, 0.6) is 0 Å². The molecule has 0 aliphatic heterocycles. The number of hydrogen-bond donors (Lipinski definition) is 1. The number of phosphoric acid groups is 1. The van der Waals surface area contributed by atoms with E-state index in [0.29, 0.717) is 17.4 Å². The molecule has 71 heavy (non-hydrogen) atoms. The number of unbranched alkanes of at least 4 members (excludes halogenated alkanes) is 32. The lowest BCUT2D eigenvalue weighted by molar-refractivity contribution is -0.870. The highest BCUT2D eigenvalue weighted by atomic mass is 31.2. The molecule has 3 unspecified atom stereocenters. The van der Waals surface area contributed by atoms with Crippen LogP contribution in [0.4, 0.5) is 0 Å². The van der Waals surface area contributed by atoms with Crippen LogP contribution in [0.3, 0.4) is 0 Å². The van der Waals surface area contributed by atoms with Crippen LogP contribution in [0.2, 0.25) is 0 Å². The van der Waals surface area contributed by atoms with Gasteiger partial charge in [-0.05, 0) is 83.1 Å². The summed E-state index contributed by atoms with van der Waals surface area (Å²) in [5.74, 6) is -0.549. The van der Waals surface area contributed by atoms with E-state index >= 15 is 0 Å². The van der Waals surface area contributed by atoms with Crippen molar-refractivity contribution < 1.29 is 37.3 Å². The first-order valence-corrected chi connectivity index (χ1v) is 31.4. The molecule has 10 heteroatoms. The molecule has 9 nitrogen and oxygen atoms in total. The van der Waals surface area contributed by atoms with E-state index in [1.807, 2.05) is 33.3 Å². The van der Waals surface area contributed by atoms with Crippen molar-refractivity contribution in [3.05, 3.63) is 48.6 Å². The van der Waals surface area contributed by atoms with Crippen molar-refractivity contribution in [2.45, 2.75) is 290 Å². The Kier molecular flexibility index (Phi) is 50.0. The zero-order valence-electron chi connectivity index (χ0n) is 47.4. The van der Waals surface area contributed by atoms with Crippen LogP contribution in [0.1, 0.15) is 278 Å². The fraction of sp³-hybridized carbons (Fsp3) is 0.836. The minimum absolute atomic E-state index is 0.0235. The van der Waals surface area contributed by atoms with Crippen molar-refractivity contribution >= 4 is 19.7 Å². The lowest BCUT2D eigenvalue weighted by atomic mass is 10.0. The summed E-state index contributed by atoms with van der Waals surface area (Å²) in [5.41, 5.74) is 0. The average molecular weight is 1020 g/mol. The van der Waals surface area contributed by atoms with Gasteiger partial charge in [-0.25, -0.2) is 0 Å². The first kappa shape index (κ1) is 69.0. The van der Waals surface area contributed by atoms with Gasteiger partial charge in [-0.1, -0.05) is 230 Å². The molecule has 0 radical (unpaired) electrons. The molecule has 0 aliphatic rings. The van der Waals surface area contributed by atoms with Gasteiger partial charge in [0, 0.05) is 12.8 Å². The van der Waals surface area contributed by atoms with Crippen molar-refractivity contribution in [1.82, 2.24) is 5.32 Å². The van der Waals surface area contributed by atoms with Crippen LogP contribution in [0, 0.1) is 0 Å². The fourth-order valence-electron chi connectivity index (χ4n) is 8.53. The number of amides is 1. The molecule has 0 rings (SSSR count). The van der Waals surface area contributed by atoms with E-state index in [2.05, 4.69) is 62.5 Å². The van der Waals surface area contributed by atoms with Crippen LogP contribution in [0.25, 0.3) is 0 Å². The molecular weight excluding hydrogens is 904 g/mol. The largest absolute Gasteiger partial charge is 0.756 e. The third-order valence-electron chi connectivity index (χ3n) is 13.2. The highest BCUT2D eigenvalue weighted by molar-refractivity contribution is 7.45. The Balaban J connectivity index is 5.10. The summed E-state index contributed by atoms with van der Waals surface area (Å²) in [4.78, 5) is 39.8. The number of likely N-dealkylation sites (N-methyl/N-ethyl adjacent to an activating group) is 1. The maximum absolute atomic E-state index is 13.4. The number of ether oxygens (including phenoxy) is 1. The molecule has 0 aromatic heterocycles. The number of nitrogens with one attached hydrogen (secondary N) is 1. The van der Waals surface area contributed by atoms with Crippen molar-refractivity contribution in [3.8, 4) is 0 Å². The number of phosphoric ester groups is 1. The third kappa shape index (κ3) is 52.6. The minimum Gasteiger partial charge on any atom is -0.756 e. The molecule has 0 aromatic carbocycles. The molecule has 0 aliphatic carbocycles. The lowest BCUT2D eigenvalue weighted by Crippen LogP contribution is -2.47. The van der Waals surface area contributed by atoms with E-state index < -0.39 is 26.6 Å². The number of carbonyl (C=O) groups excluding carboxylic acids is 2. The van der Waals surface area contributed by atoms with Crippen LogP contribution < -0.4 is 10.2 Å². The summed E-state index contributed by atoms with van der Waals surface area (Å²) in [6, 6.07) is -0.889. The number of nitrogens with zero attached hydrogens (tertiary/aromatic N) is 1. The molecule has 416 valence electrons. The number of rotatable bonds is 54. The molecule has 0 bridgehead atoms. The predicted molar refractivity (Wildman–Crippen MR) is 302 cm³/mol. The molecule has 3 atom stereocenters. The Bertz CT molecular complexity index is 1360. The van der Waals surface area contributed by atoms with Crippen molar-refractivity contribution in [2.75, 3.05) is 40.9 Å². The molecule has 0 saturated carbocycles. The zero-order chi connectivity index (χ0) is 52.2. The number of quaternary nitrogens is 1. The first-order chi connectivity index (χ1) is 34.4. The SMILES string of the molecule is CCCC/C=C\CCCCCCCC(=O)NC(COP(=O)([O-])OCC[N+](C)(C)C)C(/C=C\CCCCCCCCCCC)OC(=O)CCCCCCCCCCCCCCC/C=C\C/C=C\CCCCC. The summed E-state index contributed by atoms with van der Waals surface area (Å²) in [7, 11) is 1.18. The maximum Gasteiger partial charge on any atom is 0.306 e. The lowest BCUT2D eigenvalue weighted by Gasteiger charge is -2.30. The van der Waals surface area contributed by atoms with Gasteiger partial charge in [-0.15, -0.1) is 0 Å². The van der Waals surface area contributed by atoms with Gasteiger partial charge in [0.1, 0.15) is 19.3 Å². The Morgan fingerprint density at radius 2 is 0.873 bits per heavy atom. The van der Waals surface area contributed by atoms with Gasteiger partial charge in [0.15, 0.2) is 0 Å². The van der Waals surface area contributed by atoms with Crippen LogP contribution in [-0.4, -0.2) is 69.4 Å². The highest BCUT2D eigenvalue weighted by Crippen LogP contribution is 2.38. The Hall–Kier alpha value is -2.03. The van der Waals surface area contributed by atoms with Gasteiger partial charge in [-0.2, -0.15) is 0 Å². The van der Waals surface area contributed by atoms with Gasteiger partial charge in [0.25, 0.3) is 7.82 Å². The second kappa shape index (κ2) is 51.5. The highest BCUT2D eigenvalue weighted by Gasteiger charge is 2.27. The number of esters is 1.